The van der Waals surface area contributed by atoms with Gasteiger partial charge in [0.2, 0.25) is 0 Å². The van der Waals surface area contributed by atoms with Crippen LogP contribution in [-0.2, 0) is 20.7 Å². The van der Waals surface area contributed by atoms with Gasteiger partial charge in [-0.3, -0.25) is 14.4 Å². The Morgan fingerprint density at radius 1 is 1.03 bits per heavy atom. The molecule has 0 aliphatic rings. The van der Waals surface area contributed by atoms with Crippen LogP contribution in [0.2, 0.25) is 0 Å². The van der Waals surface area contributed by atoms with Crippen molar-refractivity contribution in [1.82, 2.24) is 10.6 Å². The topological polar surface area (TPSA) is 93.7 Å². The van der Waals surface area contributed by atoms with Crippen LogP contribution >= 0.6 is 0 Å². The first-order chi connectivity index (χ1) is 14.8. The van der Waals surface area contributed by atoms with E-state index in [1.54, 1.807) is 24.3 Å². The standard InChI is InChI=1S/C24H30N2O5/c1-5-17-9-11-18(12-10-17)23(16(2)3)26-21(27)15-31-22(28)14-25-24(29)19-7-6-8-20(13-19)30-4/h6-13,16,23H,5,14-15H2,1-4H3,(H,25,29)(H,26,27)/t23-/m1/s1. The number of nitrogens with one attached hydrogen (secondary N) is 2. The molecule has 166 valence electrons. The molecule has 2 aromatic carbocycles. The molecule has 0 aliphatic heterocycles. The molecule has 2 N–H and O–H groups in total. The maximum absolute atomic E-state index is 12.3. The van der Waals surface area contributed by atoms with Gasteiger partial charge < -0.3 is 20.1 Å². The van der Waals surface area contributed by atoms with E-state index < -0.39 is 24.4 Å². The first-order valence-electron chi connectivity index (χ1n) is 10.3. The Morgan fingerprint density at radius 2 is 1.74 bits per heavy atom. The van der Waals surface area contributed by atoms with Gasteiger partial charge in [-0.2, -0.15) is 0 Å². The third-order valence-electron chi connectivity index (χ3n) is 4.82. The zero-order valence-corrected chi connectivity index (χ0v) is 18.4. The molecular formula is C24H30N2O5. The van der Waals surface area contributed by atoms with E-state index in [-0.39, 0.29) is 18.5 Å². The lowest BCUT2D eigenvalue weighted by Gasteiger charge is -2.23. The SMILES string of the molecule is CCc1ccc([C@H](NC(=O)COC(=O)CNC(=O)c2cccc(OC)c2)C(C)C)cc1. The summed E-state index contributed by atoms with van der Waals surface area (Å²) in [6, 6.07) is 14.5. The van der Waals surface area contributed by atoms with Crippen LogP contribution in [0.4, 0.5) is 0 Å². The summed E-state index contributed by atoms with van der Waals surface area (Å²) in [5.41, 5.74) is 2.58. The predicted octanol–water partition coefficient (Wildman–Crippen LogP) is 3.04. The van der Waals surface area contributed by atoms with Crippen molar-refractivity contribution in [2.24, 2.45) is 5.92 Å². The highest BCUT2D eigenvalue weighted by Crippen LogP contribution is 2.22. The molecule has 2 rings (SSSR count). The lowest BCUT2D eigenvalue weighted by Crippen LogP contribution is -2.36. The highest BCUT2D eigenvalue weighted by molar-refractivity contribution is 5.96. The predicted molar refractivity (Wildman–Crippen MR) is 118 cm³/mol. The Kier molecular flexibility index (Phi) is 9.06. The number of ether oxygens (including phenoxy) is 2. The lowest BCUT2D eigenvalue weighted by molar-refractivity contribution is -0.147. The fourth-order valence-corrected chi connectivity index (χ4v) is 3.03. The molecule has 0 unspecified atom stereocenters. The van der Waals surface area contributed by atoms with Crippen molar-refractivity contribution in [2.45, 2.75) is 33.2 Å². The molecule has 0 saturated carbocycles. The van der Waals surface area contributed by atoms with E-state index in [1.807, 2.05) is 38.1 Å². The van der Waals surface area contributed by atoms with Gasteiger partial charge in [0.1, 0.15) is 12.3 Å². The Bertz CT molecular complexity index is 893. The van der Waals surface area contributed by atoms with Crippen molar-refractivity contribution >= 4 is 17.8 Å². The molecule has 0 aliphatic carbocycles. The maximum Gasteiger partial charge on any atom is 0.325 e. The van der Waals surface area contributed by atoms with E-state index in [2.05, 4.69) is 17.6 Å². The van der Waals surface area contributed by atoms with Crippen LogP contribution in [0.15, 0.2) is 48.5 Å². The van der Waals surface area contributed by atoms with E-state index >= 15 is 0 Å². The van der Waals surface area contributed by atoms with Crippen LogP contribution in [0, 0.1) is 5.92 Å². The third-order valence-corrected chi connectivity index (χ3v) is 4.82. The molecule has 0 fully saturated rings. The third kappa shape index (κ3) is 7.44. The Morgan fingerprint density at radius 3 is 2.35 bits per heavy atom. The number of hydrogen-bond acceptors (Lipinski definition) is 5. The molecule has 1 atom stereocenters. The van der Waals surface area contributed by atoms with Crippen molar-refractivity contribution in [3.8, 4) is 5.75 Å². The maximum atomic E-state index is 12.3. The highest BCUT2D eigenvalue weighted by atomic mass is 16.5. The van der Waals surface area contributed by atoms with Crippen molar-refractivity contribution < 1.29 is 23.9 Å². The lowest BCUT2D eigenvalue weighted by atomic mass is 9.95. The number of rotatable bonds is 10. The number of benzene rings is 2. The van der Waals surface area contributed by atoms with Gasteiger partial charge in [0.15, 0.2) is 6.61 Å². The van der Waals surface area contributed by atoms with Crippen molar-refractivity contribution in [3.63, 3.8) is 0 Å². The molecule has 0 spiro atoms. The fourth-order valence-electron chi connectivity index (χ4n) is 3.03. The summed E-state index contributed by atoms with van der Waals surface area (Å²) in [7, 11) is 1.50. The van der Waals surface area contributed by atoms with E-state index in [1.165, 1.54) is 12.7 Å². The second-order valence-corrected chi connectivity index (χ2v) is 7.46. The molecule has 7 nitrogen and oxygen atoms in total. The summed E-state index contributed by atoms with van der Waals surface area (Å²) in [4.78, 5) is 36.3. The van der Waals surface area contributed by atoms with Gasteiger partial charge in [-0.05, 0) is 41.7 Å². The molecule has 2 aromatic rings. The smallest absolute Gasteiger partial charge is 0.325 e. The summed E-state index contributed by atoms with van der Waals surface area (Å²) in [6.45, 7) is 5.36. The van der Waals surface area contributed by atoms with Crippen LogP contribution in [0.1, 0.15) is 48.3 Å². The number of aryl methyl sites for hydroxylation is 1. The molecule has 31 heavy (non-hydrogen) atoms. The molecule has 2 amide bonds. The Balaban J connectivity index is 1.81. The summed E-state index contributed by atoms with van der Waals surface area (Å²) < 4.78 is 10.1. The fraction of sp³-hybridized carbons (Fsp3) is 0.375. The number of methoxy groups -OCH3 is 1. The minimum atomic E-state index is -0.695. The normalized spacial score (nSPS) is 11.5. The first kappa shape index (κ1) is 23.9. The number of carbonyl (C=O) groups excluding carboxylic acids is 3. The first-order valence-corrected chi connectivity index (χ1v) is 10.3. The average Bonchev–Trinajstić information content (AvgIpc) is 2.79. The Labute approximate surface area is 183 Å². The average molecular weight is 427 g/mol. The van der Waals surface area contributed by atoms with Gasteiger partial charge in [-0.25, -0.2) is 0 Å². The molecule has 0 radical (unpaired) electrons. The second-order valence-electron chi connectivity index (χ2n) is 7.46. The number of carbonyl (C=O) groups is 3. The van der Waals surface area contributed by atoms with Crippen LogP contribution in [0.25, 0.3) is 0 Å². The second kappa shape index (κ2) is 11.7. The van der Waals surface area contributed by atoms with E-state index in [9.17, 15) is 14.4 Å². The zero-order valence-electron chi connectivity index (χ0n) is 18.4. The molecule has 0 saturated heterocycles. The van der Waals surface area contributed by atoms with Crippen LogP contribution < -0.4 is 15.4 Å². The van der Waals surface area contributed by atoms with Crippen LogP contribution in [0.5, 0.6) is 5.75 Å². The number of amides is 2. The monoisotopic (exact) mass is 426 g/mol. The summed E-state index contributed by atoms with van der Waals surface area (Å²) in [5.74, 6) is -0.827. The van der Waals surface area contributed by atoms with Gasteiger partial charge >= 0.3 is 5.97 Å². The summed E-state index contributed by atoms with van der Waals surface area (Å²) >= 11 is 0. The van der Waals surface area contributed by atoms with Gasteiger partial charge in [-0.15, -0.1) is 0 Å². The zero-order chi connectivity index (χ0) is 22.8. The van der Waals surface area contributed by atoms with Gasteiger partial charge in [0.25, 0.3) is 11.8 Å². The molecule has 7 heteroatoms. The van der Waals surface area contributed by atoms with Crippen molar-refractivity contribution in [3.05, 3.63) is 65.2 Å². The number of esters is 1. The Hall–Kier alpha value is -3.35. The van der Waals surface area contributed by atoms with Crippen LogP contribution in [0.3, 0.4) is 0 Å². The van der Waals surface area contributed by atoms with Crippen molar-refractivity contribution in [2.75, 3.05) is 20.3 Å². The summed E-state index contributed by atoms with van der Waals surface area (Å²) in [6.07, 6.45) is 0.948. The largest absolute Gasteiger partial charge is 0.497 e. The number of hydrogen-bond donors (Lipinski definition) is 2. The quantitative estimate of drug-likeness (QED) is 0.570. The van der Waals surface area contributed by atoms with Gasteiger partial charge in [0.05, 0.1) is 13.2 Å². The molecule has 0 bridgehead atoms. The molecule has 0 heterocycles. The van der Waals surface area contributed by atoms with Crippen LogP contribution in [-0.4, -0.2) is 38.0 Å². The van der Waals surface area contributed by atoms with Gasteiger partial charge in [0, 0.05) is 5.56 Å². The molecule has 0 aromatic heterocycles. The van der Waals surface area contributed by atoms with E-state index in [4.69, 9.17) is 9.47 Å². The van der Waals surface area contributed by atoms with E-state index in [0.29, 0.717) is 11.3 Å². The molecular weight excluding hydrogens is 396 g/mol. The van der Waals surface area contributed by atoms with E-state index in [0.717, 1.165) is 12.0 Å². The summed E-state index contributed by atoms with van der Waals surface area (Å²) in [5, 5.41) is 5.38. The van der Waals surface area contributed by atoms with Crippen molar-refractivity contribution in [1.29, 1.82) is 0 Å². The van der Waals surface area contributed by atoms with Gasteiger partial charge in [-0.1, -0.05) is 51.1 Å². The minimum Gasteiger partial charge on any atom is -0.497 e. The minimum absolute atomic E-state index is 0.161. The highest BCUT2D eigenvalue weighted by Gasteiger charge is 2.19.